The minimum absolute atomic E-state index is 0.00955. The number of carbonyl (C=O) groups is 1. The van der Waals surface area contributed by atoms with Gasteiger partial charge in [0.2, 0.25) is 0 Å². The lowest BCUT2D eigenvalue weighted by Gasteiger charge is -2.40. The van der Waals surface area contributed by atoms with Gasteiger partial charge in [0.15, 0.2) is 14.1 Å². The molecule has 0 aromatic rings. The molecule has 0 bridgehead atoms. The highest BCUT2D eigenvalue weighted by Crippen LogP contribution is 2.51. The van der Waals surface area contributed by atoms with Crippen molar-refractivity contribution in [2.24, 2.45) is 11.8 Å². The predicted octanol–water partition coefficient (Wildman–Crippen LogP) is 6.54. The van der Waals surface area contributed by atoms with Gasteiger partial charge in [-0.25, -0.2) is 0 Å². The molecule has 0 amide bonds. The van der Waals surface area contributed by atoms with Crippen molar-refractivity contribution in [3.8, 4) is 0 Å². The van der Waals surface area contributed by atoms with E-state index in [1.165, 1.54) is 7.11 Å². The number of methoxy groups -OCH3 is 1. The molecular formula is C29H52O6Si. The molecule has 6 nitrogen and oxygen atoms in total. The Morgan fingerprint density at radius 2 is 1.86 bits per heavy atom. The van der Waals surface area contributed by atoms with Crippen LogP contribution in [0.3, 0.4) is 0 Å². The number of ether oxygens (including phenoxy) is 3. The van der Waals surface area contributed by atoms with Crippen LogP contribution in [0.15, 0.2) is 24.3 Å². The smallest absolute Gasteiger partial charge is 0.305 e. The molecule has 7 heteroatoms. The molecule has 4 atom stereocenters. The molecular weight excluding hydrogens is 472 g/mol. The van der Waals surface area contributed by atoms with E-state index in [2.05, 4.69) is 59.0 Å². The van der Waals surface area contributed by atoms with E-state index in [1.807, 2.05) is 6.08 Å². The van der Waals surface area contributed by atoms with Gasteiger partial charge in [0.1, 0.15) is 0 Å². The summed E-state index contributed by atoms with van der Waals surface area (Å²) >= 11 is 0. The minimum atomic E-state index is -2.01. The first-order chi connectivity index (χ1) is 17.0. The van der Waals surface area contributed by atoms with Crippen molar-refractivity contribution in [3.05, 3.63) is 24.3 Å². The number of carbonyl (C=O) groups excluding carboxylic acids is 1. The number of unbranched alkanes of at least 4 members (excludes halogenated alkanes) is 3. The van der Waals surface area contributed by atoms with Crippen LogP contribution in [0.25, 0.3) is 0 Å². The molecule has 1 saturated carbocycles. The van der Waals surface area contributed by atoms with Gasteiger partial charge in [0.05, 0.1) is 32.5 Å². The van der Waals surface area contributed by atoms with Gasteiger partial charge < -0.3 is 23.7 Å². The Bertz CT molecular complexity index is 720. The van der Waals surface area contributed by atoms with Crippen molar-refractivity contribution >= 4 is 14.3 Å². The van der Waals surface area contributed by atoms with Gasteiger partial charge in [-0.1, -0.05) is 71.3 Å². The largest absolute Gasteiger partial charge is 0.469 e. The van der Waals surface area contributed by atoms with E-state index < -0.39 is 20.2 Å². The molecule has 0 radical (unpaired) electrons. The highest BCUT2D eigenvalue weighted by molar-refractivity contribution is 6.74. The van der Waals surface area contributed by atoms with Crippen molar-refractivity contribution < 1.29 is 28.5 Å². The lowest BCUT2D eigenvalue weighted by Crippen LogP contribution is -2.45. The third-order valence-electron chi connectivity index (χ3n) is 8.16. The molecule has 0 aromatic carbocycles. The standard InChI is InChI=1S/C29H52O6Si/c1-8-9-12-15-23(30)18-19-25-24(16-13-10-11-14-17-27(31)32-5)26(22-29(25)33-20-21-34-29)35-36(6,7)28(2,3)4/h10,13,18-19,23-26,30H,8-9,11-12,14-17,20-22H2,1-7H3/b13-10-,19-18+/t23-,24-,25-,26+/m1/s1. The molecule has 0 aromatic heterocycles. The fraction of sp³-hybridized carbons (Fsp3) is 0.828. The minimum Gasteiger partial charge on any atom is -0.469 e. The molecule has 0 unspecified atom stereocenters. The van der Waals surface area contributed by atoms with Gasteiger partial charge in [-0.05, 0) is 49.7 Å². The number of aliphatic hydroxyl groups is 1. The first-order valence-electron chi connectivity index (χ1n) is 14.0. The van der Waals surface area contributed by atoms with Crippen LogP contribution in [0.4, 0.5) is 0 Å². The second kappa shape index (κ2) is 14.2. The van der Waals surface area contributed by atoms with E-state index in [9.17, 15) is 9.90 Å². The lowest BCUT2D eigenvalue weighted by molar-refractivity contribution is -0.176. The Labute approximate surface area is 220 Å². The molecule has 2 aliphatic rings. The van der Waals surface area contributed by atoms with Gasteiger partial charge in [-0.3, -0.25) is 4.79 Å². The summed E-state index contributed by atoms with van der Waals surface area (Å²) in [6, 6.07) is 0. The normalized spacial score (nSPS) is 25.4. The molecule has 2 fully saturated rings. The summed E-state index contributed by atoms with van der Waals surface area (Å²) in [5.41, 5.74) is 0. The van der Waals surface area contributed by atoms with E-state index in [0.717, 1.165) is 44.9 Å². The van der Waals surface area contributed by atoms with Crippen molar-refractivity contribution in [1.82, 2.24) is 0 Å². The van der Waals surface area contributed by atoms with Crippen LogP contribution in [0, 0.1) is 11.8 Å². The fourth-order valence-corrected chi connectivity index (χ4v) is 6.33. The maximum absolute atomic E-state index is 11.4. The summed E-state index contributed by atoms with van der Waals surface area (Å²) in [6.07, 6.45) is 15.7. The number of esters is 1. The average molecular weight is 525 g/mol. The molecule has 1 heterocycles. The molecule has 1 aliphatic carbocycles. The molecule has 1 spiro atoms. The van der Waals surface area contributed by atoms with Gasteiger partial charge >= 0.3 is 5.97 Å². The predicted molar refractivity (Wildman–Crippen MR) is 147 cm³/mol. The first kappa shape index (κ1) is 31.2. The van der Waals surface area contributed by atoms with E-state index in [4.69, 9.17) is 18.6 Å². The summed E-state index contributed by atoms with van der Waals surface area (Å²) < 4.78 is 24.3. The zero-order valence-corrected chi connectivity index (χ0v) is 24.9. The van der Waals surface area contributed by atoms with Gasteiger partial charge in [-0.15, -0.1) is 0 Å². The number of rotatable bonds is 14. The van der Waals surface area contributed by atoms with Crippen LogP contribution >= 0.6 is 0 Å². The molecule has 1 aliphatic heterocycles. The second-order valence-corrected chi connectivity index (χ2v) is 16.7. The summed E-state index contributed by atoms with van der Waals surface area (Å²) in [4.78, 5) is 11.4. The Hall–Kier alpha value is -0.993. The van der Waals surface area contributed by atoms with Crippen molar-refractivity contribution in [1.29, 1.82) is 0 Å². The third kappa shape index (κ3) is 8.79. The van der Waals surface area contributed by atoms with E-state index in [1.54, 1.807) is 0 Å². The van der Waals surface area contributed by atoms with Crippen LogP contribution in [0.2, 0.25) is 18.1 Å². The van der Waals surface area contributed by atoms with Gasteiger partial charge in [-0.2, -0.15) is 0 Å². The van der Waals surface area contributed by atoms with Crippen LogP contribution in [-0.2, 0) is 23.4 Å². The van der Waals surface area contributed by atoms with Crippen molar-refractivity contribution in [2.75, 3.05) is 20.3 Å². The summed E-state index contributed by atoms with van der Waals surface area (Å²) in [5.74, 6) is -0.651. The van der Waals surface area contributed by atoms with Crippen LogP contribution in [-0.4, -0.2) is 57.7 Å². The topological polar surface area (TPSA) is 74.2 Å². The molecule has 2 rings (SSSR count). The van der Waals surface area contributed by atoms with Crippen LogP contribution < -0.4 is 0 Å². The fourth-order valence-electron chi connectivity index (χ4n) is 4.96. The lowest BCUT2D eigenvalue weighted by atomic mass is 9.88. The van der Waals surface area contributed by atoms with E-state index in [-0.39, 0.29) is 28.9 Å². The maximum Gasteiger partial charge on any atom is 0.305 e. The summed E-state index contributed by atoms with van der Waals surface area (Å²) in [6.45, 7) is 14.8. The Kier molecular flexibility index (Phi) is 12.4. The Morgan fingerprint density at radius 3 is 2.47 bits per heavy atom. The van der Waals surface area contributed by atoms with Crippen molar-refractivity contribution in [2.45, 2.75) is 122 Å². The monoisotopic (exact) mass is 524 g/mol. The highest BCUT2D eigenvalue weighted by Gasteiger charge is 2.58. The Morgan fingerprint density at radius 1 is 1.17 bits per heavy atom. The molecule has 1 N–H and O–H groups in total. The number of allylic oxidation sites excluding steroid dienone is 2. The Balaban J connectivity index is 2.22. The van der Waals surface area contributed by atoms with Crippen molar-refractivity contribution in [3.63, 3.8) is 0 Å². The number of hydrogen-bond acceptors (Lipinski definition) is 6. The maximum atomic E-state index is 11.4. The van der Waals surface area contributed by atoms with Crippen LogP contribution in [0.1, 0.15) is 85.5 Å². The number of aliphatic hydroxyl groups excluding tert-OH is 1. The average Bonchev–Trinajstić information content (AvgIpc) is 3.38. The second-order valence-electron chi connectivity index (χ2n) is 11.9. The molecule has 36 heavy (non-hydrogen) atoms. The highest BCUT2D eigenvalue weighted by atomic mass is 28.4. The van der Waals surface area contributed by atoms with E-state index >= 15 is 0 Å². The number of hydrogen-bond donors (Lipinski definition) is 1. The summed E-state index contributed by atoms with van der Waals surface area (Å²) in [7, 11) is -0.584. The van der Waals surface area contributed by atoms with Gasteiger partial charge in [0, 0.05) is 18.8 Å². The summed E-state index contributed by atoms with van der Waals surface area (Å²) in [5, 5.41) is 10.7. The quantitative estimate of drug-likeness (QED) is 0.120. The zero-order valence-electron chi connectivity index (χ0n) is 23.9. The SMILES string of the molecule is CCCCC[C@@H](O)/C=C/[C@@H]1[C@@H](C/C=C\CCCC(=O)OC)[C@@H](O[Si](C)(C)C(C)(C)C)CC12OCCO2. The zero-order chi connectivity index (χ0) is 26.8. The van der Waals surface area contributed by atoms with Gasteiger partial charge in [0.25, 0.3) is 0 Å². The first-order valence-corrected chi connectivity index (χ1v) is 16.9. The molecule has 208 valence electrons. The molecule has 1 saturated heterocycles. The van der Waals surface area contributed by atoms with E-state index in [0.29, 0.717) is 26.1 Å². The van der Waals surface area contributed by atoms with Crippen LogP contribution in [0.5, 0.6) is 0 Å². The third-order valence-corrected chi connectivity index (χ3v) is 12.7.